The number of fused-ring (bicyclic) bond motifs is 2. The van der Waals surface area contributed by atoms with Gasteiger partial charge in [-0.1, -0.05) is 48.0 Å². The molecule has 0 unspecified atom stereocenters. The fourth-order valence-electron chi connectivity index (χ4n) is 3.99. The van der Waals surface area contributed by atoms with Crippen molar-refractivity contribution in [1.82, 2.24) is 14.3 Å². The van der Waals surface area contributed by atoms with Crippen molar-refractivity contribution in [3.05, 3.63) is 94.8 Å². The van der Waals surface area contributed by atoms with Crippen LogP contribution in [0.5, 0.6) is 0 Å². The molecule has 0 saturated carbocycles. The lowest BCUT2D eigenvalue weighted by Crippen LogP contribution is -2.37. The molecule has 0 fully saturated rings. The fraction of sp³-hybridized carbons (Fsp3) is 0.167. The van der Waals surface area contributed by atoms with E-state index in [0.29, 0.717) is 30.1 Å². The lowest BCUT2D eigenvalue weighted by molar-refractivity contribution is 0.390. The first-order chi connectivity index (χ1) is 15.5. The highest BCUT2D eigenvalue weighted by molar-refractivity contribution is 7.88. The monoisotopic (exact) mass is 464 g/mol. The topological polar surface area (TPSA) is 75.2 Å². The van der Waals surface area contributed by atoms with Crippen molar-refractivity contribution in [2.45, 2.75) is 18.7 Å². The Hall–Kier alpha value is -3.00. The molecule has 1 N–H and O–H groups in total. The second-order valence-electron chi connectivity index (χ2n) is 7.77. The number of aromatic nitrogens is 2. The van der Waals surface area contributed by atoms with Gasteiger partial charge in [0, 0.05) is 35.3 Å². The molecule has 0 amide bonds. The van der Waals surface area contributed by atoms with Crippen LogP contribution in [0.3, 0.4) is 0 Å². The third-order valence-corrected chi connectivity index (χ3v) is 7.80. The van der Waals surface area contributed by atoms with Crippen molar-refractivity contribution >= 4 is 44.0 Å². The van der Waals surface area contributed by atoms with Gasteiger partial charge in [-0.15, -0.1) is 0 Å². The number of nitrogens with one attached hydrogen (secondary N) is 1. The number of pyridine rings is 2. The smallest absolute Gasteiger partial charge is 0.218 e. The van der Waals surface area contributed by atoms with Gasteiger partial charge in [0.2, 0.25) is 10.0 Å². The van der Waals surface area contributed by atoms with Crippen LogP contribution < -0.4 is 5.32 Å². The van der Waals surface area contributed by atoms with E-state index in [4.69, 9.17) is 11.6 Å². The summed E-state index contributed by atoms with van der Waals surface area (Å²) in [6.07, 6.45) is 4.07. The van der Waals surface area contributed by atoms with Gasteiger partial charge in [0.1, 0.15) is 5.82 Å². The van der Waals surface area contributed by atoms with Crippen LogP contribution in [0.4, 0.5) is 11.5 Å². The largest absolute Gasteiger partial charge is 0.339 e. The Balaban J connectivity index is 1.38. The highest BCUT2D eigenvalue weighted by Gasteiger charge is 2.29. The van der Waals surface area contributed by atoms with Crippen LogP contribution in [0.2, 0.25) is 5.02 Å². The summed E-state index contributed by atoms with van der Waals surface area (Å²) in [5.74, 6) is 0.628. The minimum absolute atomic E-state index is 0.110. The van der Waals surface area contributed by atoms with Crippen LogP contribution in [-0.2, 0) is 28.7 Å². The molecule has 1 aliphatic heterocycles. The van der Waals surface area contributed by atoms with Crippen LogP contribution in [0, 0.1) is 0 Å². The predicted octanol–water partition coefficient (Wildman–Crippen LogP) is 4.91. The quantitative estimate of drug-likeness (QED) is 0.454. The van der Waals surface area contributed by atoms with Crippen LogP contribution >= 0.6 is 11.6 Å². The van der Waals surface area contributed by atoms with Gasteiger partial charge in [0.25, 0.3) is 0 Å². The van der Waals surface area contributed by atoms with Crippen LogP contribution in [0.25, 0.3) is 10.9 Å². The minimum atomic E-state index is -3.50. The van der Waals surface area contributed by atoms with E-state index in [9.17, 15) is 8.42 Å². The molecule has 8 heteroatoms. The number of anilines is 2. The molecule has 2 aromatic heterocycles. The molecule has 0 atom stereocenters. The second kappa shape index (κ2) is 8.50. The molecule has 0 radical (unpaired) electrons. The van der Waals surface area contributed by atoms with Crippen LogP contribution in [0.1, 0.15) is 16.7 Å². The second-order valence-corrected chi connectivity index (χ2v) is 10.1. The molecule has 1 aliphatic rings. The van der Waals surface area contributed by atoms with E-state index in [1.807, 2.05) is 36.4 Å². The Kier molecular flexibility index (Phi) is 5.55. The molecule has 5 rings (SSSR count). The third-order valence-electron chi connectivity index (χ3n) is 5.65. The van der Waals surface area contributed by atoms with Gasteiger partial charge in [-0.05, 0) is 41.8 Å². The Morgan fingerprint density at radius 2 is 1.84 bits per heavy atom. The maximum Gasteiger partial charge on any atom is 0.218 e. The third kappa shape index (κ3) is 4.19. The number of rotatable bonds is 5. The van der Waals surface area contributed by atoms with Crippen molar-refractivity contribution in [2.24, 2.45) is 0 Å². The molecule has 4 aromatic rings. The molecule has 162 valence electrons. The summed E-state index contributed by atoms with van der Waals surface area (Å²) in [6, 6.07) is 18.9. The summed E-state index contributed by atoms with van der Waals surface area (Å²) in [4.78, 5) is 9.00. The van der Waals surface area contributed by atoms with Gasteiger partial charge < -0.3 is 5.32 Å². The molecule has 0 aliphatic carbocycles. The van der Waals surface area contributed by atoms with Crippen molar-refractivity contribution < 1.29 is 8.42 Å². The van der Waals surface area contributed by atoms with E-state index in [2.05, 4.69) is 15.3 Å². The number of benzene rings is 2. The number of nitrogens with zero attached hydrogens (tertiary/aromatic N) is 3. The number of sulfonamides is 1. The molecule has 0 bridgehead atoms. The van der Waals surface area contributed by atoms with Crippen LogP contribution in [0.15, 0.2) is 73.1 Å². The lowest BCUT2D eigenvalue weighted by atomic mass is 10.0. The predicted molar refractivity (Wildman–Crippen MR) is 127 cm³/mol. The van der Waals surface area contributed by atoms with E-state index in [-0.39, 0.29) is 5.75 Å². The molecule has 0 saturated heterocycles. The van der Waals surface area contributed by atoms with Gasteiger partial charge in [0.05, 0.1) is 23.2 Å². The highest BCUT2D eigenvalue weighted by atomic mass is 35.5. The Bertz CT molecular complexity index is 1410. The van der Waals surface area contributed by atoms with E-state index in [0.717, 1.165) is 33.5 Å². The number of hydrogen-bond acceptors (Lipinski definition) is 5. The molecule has 2 aromatic carbocycles. The first-order valence-electron chi connectivity index (χ1n) is 10.3. The molecule has 32 heavy (non-hydrogen) atoms. The first-order valence-corrected chi connectivity index (χ1v) is 12.3. The van der Waals surface area contributed by atoms with Gasteiger partial charge >= 0.3 is 0 Å². The van der Waals surface area contributed by atoms with Gasteiger partial charge in [0.15, 0.2) is 0 Å². The van der Waals surface area contributed by atoms with Crippen molar-refractivity contribution in [1.29, 1.82) is 0 Å². The van der Waals surface area contributed by atoms with Crippen molar-refractivity contribution in [3.8, 4) is 0 Å². The maximum atomic E-state index is 13.0. The SMILES string of the molecule is O=S(=O)(Cc1ccccc1Cl)N1CCc2c(ccnc2Nc2cnc3ccccc3c2)C1. The molecule has 3 heterocycles. The minimum Gasteiger partial charge on any atom is -0.339 e. The summed E-state index contributed by atoms with van der Waals surface area (Å²) >= 11 is 6.18. The number of hydrogen-bond donors (Lipinski definition) is 1. The summed E-state index contributed by atoms with van der Waals surface area (Å²) in [5.41, 5.74) is 4.37. The molecular weight excluding hydrogens is 444 g/mol. The summed E-state index contributed by atoms with van der Waals surface area (Å²) in [5, 5.41) is 4.87. The average molecular weight is 465 g/mol. The lowest BCUT2D eigenvalue weighted by Gasteiger charge is -2.29. The Labute approximate surface area is 191 Å². The molecular formula is C24H21ClN4O2S. The summed E-state index contributed by atoms with van der Waals surface area (Å²) < 4.78 is 27.6. The fourth-order valence-corrected chi connectivity index (χ4v) is 5.80. The molecule has 6 nitrogen and oxygen atoms in total. The normalized spacial score (nSPS) is 14.3. The Morgan fingerprint density at radius 1 is 1.03 bits per heavy atom. The van der Waals surface area contributed by atoms with Gasteiger partial charge in [-0.25, -0.2) is 13.4 Å². The standard InChI is InChI=1S/C24H21ClN4O2S/c25-22-7-3-1-6-19(22)16-32(30,31)29-12-10-21-18(15-29)9-11-26-24(21)28-20-13-17-5-2-4-8-23(17)27-14-20/h1-9,11,13-14H,10,12,15-16H2,(H,26,28). The van der Waals surface area contributed by atoms with Gasteiger partial charge in [-0.2, -0.15) is 4.31 Å². The zero-order chi connectivity index (χ0) is 22.1. The van der Waals surface area contributed by atoms with E-state index in [1.165, 1.54) is 4.31 Å². The molecule has 0 spiro atoms. The summed E-state index contributed by atoms with van der Waals surface area (Å²) in [7, 11) is -3.50. The maximum absolute atomic E-state index is 13.0. The highest BCUT2D eigenvalue weighted by Crippen LogP contribution is 2.30. The van der Waals surface area contributed by atoms with Crippen molar-refractivity contribution in [3.63, 3.8) is 0 Å². The number of para-hydroxylation sites is 1. The Morgan fingerprint density at radius 3 is 2.72 bits per heavy atom. The van der Waals surface area contributed by atoms with E-state index < -0.39 is 10.0 Å². The number of halogens is 1. The van der Waals surface area contributed by atoms with E-state index >= 15 is 0 Å². The zero-order valence-electron chi connectivity index (χ0n) is 17.2. The summed E-state index contributed by atoms with van der Waals surface area (Å²) in [6.45, 7) is 0.714. The van der Waals surface area contributed by atoms with Crippen molar-refractivity contribution in [2.75, 3.05) is 11.9 Å². The van der Waals surface area contributed by atoms with Crippen LogP contribution in [-0.4, -0.2) is 29.2 Å². The van der Waals surface area contributed by atoms with Gasteiger partial charge in [-0.3, -0.25) is 4.98 Å². The average Bonchev–Trinajstić information content (AvgIpc) is 2.80. The first kappa shape index (κ1) is 20.9. The van der Waals surface area contributed by atoms with E-state index in [1.54, 1.807) is 36.7 Å². The zero-order valence-corrected chi connectivity index (χ0v) is 18.8.